The fraction of sp³-hybridized carbons (Fsp3) is 0.455. The number of aliphatic hydroxyl groups is 3. The number of aliphatic hydroxyl groups excluding tert-OH is 3. The van der Waals surface area contributed by atoms with E-state index in [1.54, 1.807) is 0 Å². The summed E-state index contributed by atoms with van der Waals surface area (Å²) in [7, 11) is 0. The number of hydrogen-bond acceptors (Lipinski definition) is 6. The van der Waals surface area contributed by atoms with E-state index < -0.39 is 42.4 Å². The van der Waals surface area contributed by atoms with Gasteiger partial charge >= 0.3 is 5.69 Å². The number of ether oxygens (including phenoxy) is 1. The first kappa shape index (κ1) is 15.1. The van der Waals surface area contributed by atoms with Crippen molar-refractivity contribution in [3.63, 3.8) is 0 Å². The zero-order chi connectivity index (χ0) is 14.9. The lowest BCUT2D eigenvalue weighted by Gasteiger charge is -2.17. The van der Waals surface area contributed by atoms with Crippen molar-refractivity contribution in [3.05, 3.63) is 37.6 Å². The molecule has 9 heteroatoms. The molecule has 1 fully saturated rings. The van der Waals surface area contributed by atoms with Gasteiger partial charge in [-0.1, -0.05) is 15.9 Å². The summed E-state index contributed by atoms with van der Waals surface area (Å²) in [5.41, 5.74) is -1.20. The Labute approximate surface area is 121 Å². The fourth-order valence-corrected chi connectivity index (χ4v) is 2.27. The van der Waals surface area contributed by atoms with Crippen LogP contribution in [-0.2, 0) is 4.74 Å². The number of nitrogens with zero attached hydrogens (tertiary/aromatic N) is 1. The van der Waals surface area contributed by atoms with Gasteiger partial charge in [-0.25, -0.2) is 4.79 Å². The first-order valence-electron chi connectivity index (χ1n) is 5.74. The predicted molar refractivity (Wildman–Crippen MR) is 72.3 cm³/mol. The van der Waals surface area contributed by atoms with Crippen LogP contribution in [0.5, 0.6) is 0 Å². The van der Waals surface area contributed by atoms with Crippen LogP contribution in [0.4, 0.5) is 0 Å². The van der Waals surface area contributed by atoms with Crippen LogP contribution in [0, 0.1) is 0 Å². The molecule has 2 rings (SSSR count). The average Bonchev–Trinajstić information content (AvgIpc) is 2.70. The Bertz CT molecular complexity index is 624. The summed E-state index contributed by atoms with van der Waals surface area (Å²) in [6, 6.07) is 0. The van der Waals surface area contributed by atoms with Crippen LogP contribution in [0.15, 0.2) is 20.8 Å². The Morgan fingerprint density at radius 3 is 2.65 bits per heavy atom. The van der Waals surface area contributed by atoms with Crippen LogP contribution in [-0.4, -0.2) is 49.8 Å². The molecule has 0 spiro atoms. The van der Waals surface area contributed by atoms with Crippen molar-refractivity contribution in [2.24, 2.45) is 0 Å². The molecule has 1 aromatic rings. The molecule has 0 aliphatic carbocycles. The van der Waals surface area contributed by atoms with Gasteiger partial charge in [-0.3, -0.25) is 14.3 Å². The molecule has 4 N–H and O–H groups in total. The molecule has 20 heavy (non-hydrogen) atoms. The van der Waals surface area contributed by atoms with Gasteiger partial charge in [0, 0.05) is 6.20 Å². The summed E-state index contributed by atoms with van der Waals surface area (Å²) in [6.45, 7) is -0.499. The van der Waals surface area contributed by atoms with Crippen molar-refractivity contribution in [3.8, 4) is 0 Å². The monoisotopic (exact) mass is 348 g/mol. The quantitative estimate of drug-likeness (QED) is 0.527. The molecule has 0 aromatic carbocycles. The van der Waals surface area contributed by atoms with E-state index >= 15 is 0 Å². The molecule has 0 saturated carbocycles. The third-order valence-corrected chi connectivity index (χ3v) is 3.29. The molecule has 0 bridgehead atoms. The Balaban J connectivity index is 2.46. The van der Waals surface area contributed by atoms with E-state index in [2.05, 4.69) is 20.9 Å². The molecule has 1 aliphatic heterocycles. The minimum absolute atomic E-state index is 0.166. The van der Waals surface area contributed by atoms with E-state index in [9.17, 15) is 19.8 Å². The van der Waals surface area contributed by atoms with Gasteiger partial charge in [0.1, 0.15) is 18.3 Å². The van der Waals surface area contributed by atoms with E-state index in [-0.39, 0.29) is 5.56 Å². The summed E-state index contributed by atoms with van der Waals surface area (Å²) in [5.74, 6) is 0. The number of nitrogens with one attached hydrogen (secondary N) is 1. The van der Waals surface area contributed by atoms with Gasteiger partial charge < -0.3 is 20.1 Å². The van der Waals surface area contributed by atoms with Crippen LogP contribution in [0.3, 0.4) is 0 Å². The fourth-order valence-electron chi connectivity index (χ4n) is 1.99. The summed E-state index contributed by atoms with van der Waals surface area (Å²) >= 11 is 3.01. The zero-order valence-electron chi connectivity index (χ0n) is 10.1. The summed E-state index contributed by atoms with van der Waals surface area (Å²) in [6.07, 6.45) is -2.27. The molecule has 0 radical (unpaired) electrons. The lowest BCUT2D eigenvalue weighted by atomic mass is 10.1. The Hall–Kier alpha value is -1.26. The van der Waals surface area contributed by atoms with E-state index in [0.29, 0.717) is 0 Å². The topological polar surface area (TPSA) is 125 Å². The SMILES string of the molecule is O=c1[nH]c(=O)n(C2OC(CO)C(O)C2O)cc1/C=C/Br. The molecule has 1 aromatic heterocycles. The first-order chi connectivity index (χ1) is 9.49. The minimum atomic E-state index is -1.39. The van der Waals surface area contributed by atoms with Crippen LogP contribution in [0.1, 0.15) is 11.8 Å². The predicted octanol–water partition coefficient (Wildman–Crippen LogP) is -1.49. The van der Waals surface area contributed by atoms with Crippen molar-refractivity contribution in [2.45, 2.75) is 24.5 Å². The van der Waals surface area contributed by atoms with Crippen molar-refractivity contribution in [1.82, 2.24) is 9.55 Å². The highest BCUT2D eigenvalue weighted by molar-refractivity contribution is 9.11. The molecule has 0 amide bonds. The second kappa shape index (κ2) is 6.02. The molecular weight excluding hydrogens is 336 g/mol. The standard InChI is InChI=1S/C11H13BrN2O6/c12-2-1-5-3-14(11(19)13-9(5)18)10-8(17)7(16)6(4-15)20-10/h1-3,6-8,10,15-17H,4H2,(H,13,18,19)/b2-1+. The van der Waals surface area contributed by atoms with Gasteiger partial charge in [0.2, 0.25) is 0 Å². The van der Waals surface area contributed by atoms with Crippen molar-refractivity contribution in [1.29, 1.82) is 0 Å². The Kier molecular flexibility index (Phi) is 4.55. The third-order valence-electron chi connectivity index (χ3n) is 3.03. The maximum atomic E-state index is 11.8. The van der Waals surface area contributed by atoms with Gasteiger partial charge in [-0.2, -0.15) is 0 Å². The summed E-state index contributed by atoms with van der Waals surface area (Å²) in [5, 5.41) is 28.5. The van der Waals surface area contributed by atoms with Crippen molar-refractivity contribution in [2.75, 3.05) is 6.61 Å². The highest BCUT2D eigenvalue weighted by Gasteiger charge is 2.43. The average molecular weight is 349 g/mol. The maximum absolute atomic E-state index is 11.8. The van der Waals surface area contributed by atoms with Crippen LogP contribution >= 0.6 is 15.9 Å². The number of H-pyrrole nitrogens is 1. The zero-order valence-corrected chi connectivity index (χ0v) is 11.7. The van der Waals surface area contributed by atoms with Gasteiger partial charge in [0.05, 0.1) is 12.2 Å². The van der Waals surface area contributed by atoms with Crippen molar-refractivity contribution < 1.29 is 20.1 Å². The largest absolute Gasteiger partial charge is 0.394 e. The van der Waals surface area contributed by atoms with Crippen LogP contribution in [0.2, 0.25) is 0 Å². The van der Waals surface area contributed by atoms with E-state index in [1.165, 1.54) is 17.3 Å². The molecule has 110 valence electrons. The lowest BCUT2D eigenvalue weighted by molar-refractivity contribution is -0.0550. The van der Waals surface area contributed by atoms with Crippen LogP contribution in [0.25, 0.3) is 6.08 Å². The molecule has 4 atom stereocenters. The highest BCUT2D eigenvalue weighted by Crippen LogP contribution is 2.27. The molecule has 4 unspecified atom stereocenters. The third kappa shape index (κ3) is 2.63. The number of aromatic amines is 1. The summed E-state index contributed by atoms with van der Waals surface area (Å²) in [4.78, 5) is 26.8. The number of halogens is 1. The molecule has 8 nitrogen and oxygen atoms in total. The summed E-state index contributed by atoms with van der Waals surface area (Å²) < 4.78 is 6.20. The van der Waals surface area contributed by atoms with Crippen LogP contribution < -0.4 is 11.2 Å². The van der Waals surface area contributed by atoms with Crippen molar-refractivity contribution >= 4 is 22.0 Å². The van der Waals surface area contributed by atoms with E-state index in [1.807, 2.05) is 0 Å². The number of hydrogen-bond donors (Lipinski definition) is 4. The van der Waals surface area contributed by atoms with Gasteiger partial charge in [0.25, 0.3) is 5.56 Å². The lowest BCUT2D eigenvalue weighted by Crippen LogP contribution is -2.38. The molecule has 1 saturated heterocycles. The van der Waals surface area contributed by atoms with E-state index in [4.69, 9.17) is 9.84 Å². The normalized spacial score (nSPS) is 30.2. The van der Waals surface area contributed by atoms with E-state index in [0.717, 1.165) is 4.57 Å². The second-order valence-electron chi connectivity index (χ2n) is 4.27. The highest BCUT2D eigenvalue weighted by atomic mass is 79.9. The van der Waals surface area contributed by atoms with Gasteiger partial charge in [0.15, 0.2) is 6.23 Å². The molecule has 1 aliphatic rings. The second-order valence-corrected chi connectivity index (χ2v) is 4.80. The minimum Gasteiger partial charge on any atom is -0.394 e. The van der Waals surface area contributed by atoms with Gasteiger partial charge in [-0.15, -0.1) is 0 Å². The first-order valence-corrected chi connectivity index (χ1v) is 6.66. The Morgan fingerprint density at radius 2 is 2.10 bits per heavy atom. The van der Waals surface area contributed by atoms with Gasteiger partial charge in [-0.05, 0) is 11.1 Å². The Morgan fingerprint density at radius 1 is 1.40 bits per heavy atom. The molecule has 2 heterocycles. The number of aromatic nitrogens is 2. The molecular formula is C11H13BrN2O6. The number of rotatable bonds is 3. The maximum Gasteiger partial charge on any atom is 0.330 e. The smallest absolute Gasteiger partial charge is 0.330 e.